The van der Waals surface area contributed by atoms with Gasteiger partial charge in [0.2, 0.25) is 0 Å². The minimum atomic E-state index is -0.759. The van der Waals surface area contributed by atoms with E-state index in [0.717, 1.165) is 51.4 Å². The quantitative estimate of drug-likeness (QED) is 0.727. The van der Waals surface area contributed by atoms with Gasteiger partial charge in [-0.05, 0) is 55.5 Å². The van der Waals surface area contributed by atoms with E-state index in [1.54, 1.807) is 12.1 Å². The number of hydrogen-bond acceptors (Lipinski definition) is 6. The molecule has 2 unspecified atom stereocenters. The topological polar surface area (TPSA) is 90.1 Å². The van der Waals surface area contributed by atoms with Gasteiger partial charge in [-0.2, -0.15) is 0 Å². The summed E-state index contributed by atoms with van der Waals surface area (Å²) in [5.74, 6) is 0.784. The van der Waals surface area contributed by atoms with E-state index < -0.39 is 5.97 Å². The summed E-state index contributed by atoms with van der Waals surface area (Å²) < 4.78 is 5.27. The fourth-order valence-electron chi connectivity index (χ4n) is 4.73. The van der Waals surface area contributed by atoms with Gasteiger partial charge in [-0.15, -0.1) is 0 Å². The average molecular weight is 427 g/mol. The van der Waals surface area contributed by atoms with Crippen molar-refractivity contribution in [2.75, 3.05) is 50.7 Å². The molecule has 2 saturated heterocycles. The number of carbonyl (C=O) groups excluding carboxylic acids is 1. The van der Waals surface area contributed by atoms with Crippen molar-refractivity contribution < 1.29 is 19.1 Å². The number of aliphatic carboxylic acids is 1. The van der Waals surface area contributed by atoms with Gasteiger partial charge in [0.15, 0.2) is 5.76 Å². The molecule has 2 aliphatic heterocycles. The van der Waals surface area contributed by atoms with Crippen LogP contribution in [0.3, 0.4) is 0 Å². The monoisotopic (exact) mass is 426 g/mol. The number of piperidine rings is 1. The molecule has 166 valence electrons. The predicted molar refractivity (Wildman–Crippen MR) is 116 cm³/mol. The second-order valence-corrected chi connectivity index (χ2v) is 8.44. The van der Waals surface area contributed by atoms with Crippen molar-refractivity contribution in [1.29, 1.82) is 0 Å². The third-order valence-electron chi connectivity index (χ3n) is 6.51. The maximum atomic E-state index is 12.7. The zero-order chi connectivity index (χ0) is 21.6. The molecule has 0 aliphatic carbocycles. The van der Waals surface area contributed by atoms with E-state index in [9.17, 15) is 14.7 Å². The van der Waals surface area contributed by atoms with Crippen LogP contribution in [0, 0.1) is 11.8 Å². The second kappa shape index (κ2) is 9.96. The van der Waals surface area contributed by atoms with E-state index in [0.29, 0.717) is 18.8 Å². The van der Waals surface area contributed by atoms with Gasteiger partial charge in [0.05, 0.1) is 6.26 Å². The maximum Gasteiger partial charge on any atom is 0.303 e. The second-order valence-electron chi connectivity index (χ2n) is 8.44. The number of pyridine rings is 1. The van der Waals surface area contributed by atoms with Crippen LogP contribution < -0.4 is 4.90 Å². The maximum absolute atomic E-state index is 12.7. The fourth-order valence-corrected chi connectivity index (χ4v) is 4.73. The summed E-state index contributed by atoms with van der Waals surface area (Å²) in [6.45, 7) is 5.87. The Bertz CT molecular complexity index is 850. The van der Waals surface area contributed by atoms with E-state index in [1.165, 1.54) is 6.26 Å². The molecular formula is C23H30N4O4. The predicted octanol–water partition coefficient (Wildman–Crippen LogP) is 2.44. The Hall–Kier alpha value is -2.87. The Morgan fingerprint density at radius 2 is 1.90 bits per heavy atom. The fraction of sp³-hybridized carbons (Fsp3) is 0.522. The minimum Gasteiger partial charge on any atom is -0.481 e. The summed E-state index contributed by atoms with van der Waals surface area (Å²) >= 11 is 0. The Balaban J connectivity index is 1.32. The van der Waals surface area contributed by atoms with Gasteiger partial charge in [0.1, 0.15) is 5.82 Å². The van der Waals surface area contributed by atoms with Crippen molar-refractivity contribution in [3.8, 4) is 0 Å². The number of furan rings is 1. The molecule has 2 atom stereocenters. The first-order valence-electron chi connectivity index (χ1n) is 11.0. The van der Waals surface area contributed by atoms with Crippen LogP contribution in [0.25, 0.3) is 0 Å². The van der Waals surface area contributed by atoms with Crippen molar-refractivity contribution in [1.82, 2.24) is 14.8 Å². The highest BCUT2D eigenvalue weighted by Gasteiger charge is 2.34. The Morgan fingerprint density at radius 1 is 1.06 bits per heavy atom. The highest BCUT2D eigenvalue weighted by Crippen LogP contribution is 2.30. The highest BCUT2D eigenvalue weighted by molar-refractivity contribution is 5.91. The lowest BCUT2D eigenvalue weighted by Crippen LogP contribution is -2.48. The lowest BCUT2D eigenvalue weighted by atomic mass is 9.81. The van der Waals surface area contributed by atoms with Crippen molar-refractivity contribution in [2.24, 2.45) is 11.8 Å². The molecule has 2 aromatic heterocycles. The van der Waals surface area contributed by atoms with E-state index in [2.05, 4.69) is 14.8 Å². The van der Waals surface area contributed by atoms with Crippen LogP contribution >= 0.6 is 0 Å². The number of aromatic nitrogens is 1. The Morgan fingerprint density at radius 3 is 2.58 bits per heavy atom. The van der Waals surface area contributed by atoms with Gasteiger partial charge in [-0.3, -0.25) is 14.5 Å². The lowest BCUT2D eigenvalue weighted by molar-refractivity contribution is -0.139. The molecule has 0 bridgehead atoms. The number of carboxylic acids is 1. The van der Waals surface area contributed by atoms with E-state index in [1.807, 2.05) is 29.3 Å². The molecule has 1 amide bonds. The normalized spacial score (nSPS) is 22.5. The summed E-state index contributed by atoms with van der Waals surface area (Å²) in [5.41, 5.74) is 0. The molecule has 4 heterocycles. The molecule has 0 saturated carbocycles. The number of hydrogen-bond donors (Lipinski definition) is 1. The largest absolute Gasteiger partial charge is 0.481 e. The first-order valence-corrected chi connectivity index (χ1v) is 11.0. The zero-order valence-corrected chi connectivity index (χ0v) is 17.7. The van der Waals surface area contributed by atoms with Crippen LogP contribution in [-0.4, -0.2) is 77.6 Å². The number of piperazine rings is 1. The molecular weight excluding hydrogens is 396 g/mol. The smallest absolute Gasteiger partial charge is 0.303 e. The van der Waals surface area contributed by atoms with Crippen molar-refractivity contribution in [3.05, 3.63) is 48.6 Å². The number of carboxylic acid groups (broad SMARTS) is 1. The van der Waals surface area contributed by atoms with E-state index >= 15 is 0 Å². The van der Waals surface area contributed by atoms with Gasteiger partial charge < -0.3 is 19.3 Å². The zero-order valence-electron chi connectivity index (χ0n) is 17.7. The van der Waals surface area contributed by atoms with Crippen molar-refractivity contribution in [3.63, 3.8) is 0 Å². The van der Waals surface area contributed by atoms with Gasteiger partial charge in [0.25, 0.3) is 5.91 Å². The number of likely N-dealkylation sites (tertiary alicyclic amines) is 1. The lowest BCUT2D eigenvalue weighted by Gasteiger charge is -2.40. The standard InChI is InChI=1S/C23H30N4O4/c28-22(29)16-18-7-10-27(23(30)20-4-3-15-31-20)17-19(18)6-9-25-11-13-26(14-12-25)21-5-1-2-8-24-21/h1-5,8,15,18-19H,6-7,9-14,16-17H2,(H,28,29). The average Bonchev–Trinajstić information content (AvgIpc) is 3.33. The Kier molecular flexibility index (Phi) is 6.86. The number of rotatable bonds is 7. The van der Waals surface area contributed by atoms with Crippen LogP contribution in [0.4, 0.5) is 5.82 Å². The summed E-state index contributed by atoms with van der Waals surface area (Å²) in [5, 5.41) is 9.35. The summed E-state index contributed by atoms with van der Waals surface area (Å²) in [7, 11) is 0. The minimum absolute atomic E-state index is 0.104. The Labute approximate surface area is 182 Å². The molecule has 2 aromatic rings. The van der Waals surface area contributed by atoms with E-state index in [-0.39, 0.29) is 24.2 Å². The molecule has 4 rings (SSSR count). The van der Waals surface area contributed by atoms with Gasteiger partial charge in [0, 0.05) is 51.9 Å². The third kappa shape index (κ3) is 5.44. The first kappa shape index (κ1) is 21.4. The molecule has 2 aliphatic rings. The van der Waals surface area contributed by atoms with Gasteiger partial charge in [-0.1, -0.05) is 6.07 Å². The molecule has 0 aromatic carbocycles. The third-order valence-corrected chi connectivity index (χ3v) is 6.51. The summed E-state index contributed by atoms with van der Waals surface area (Å²) in [6.07, 6.45) is 5.11. The molecule has 31 heavy (non-hydrogen) atoms. The van der Waals surface area contributed by atoms with Crippen molar-refractivity contribution in [2.45, 2.75) is 19.3 Å². The van der Waals surface area contributed by atoms with Crippen LogP contribution in [0.2, 0.25) is 0 Å². The van der Waals surface area contributed by atoms with Gasteiger partial charge in [-0.25, -0.2) is 4.98 Å². The molecule has 0 spiro atoms. The van der Waals surface area contributed by atoms with Crippen LogP contribution in [0.5, 0.6) is 0 Å². The number of carbonyl (C=O) groups is 2. The van der Waals surface area contributed by atoms with Crippen LogP contribution in [0.1, 0.15) is 29.8 Å². The summed E-state index contributed by atoms with van der Waals surface area (Å²) in [6, 6.07) is 9.38. The SMILES string of the molecule is O=C(O)CC1CCN(C(=O)c2ccco2)CC1CCN1CCN(c2ccccn2)CC1. The van der Waals surface area contributed by atoms with E-state index in [4.69, 9.17) is 4.42 Å². The van der Waals surface area contributed by atoms with Crippen LogP contribution in [0.15, 0.2) is 47.2 Å². The molecule has 0 radical (unpaired) electrons. The van der Waals surface area contributed by atoms with Crippen LogP contribution in [-0.2, 0) is 4.79 Å². The highest BCUT2D eigenvalue weighted by atomic mass is 16.4. The number of anilines is 1. The molecule has 2 fully saturated rings. The van der Waals surface area contributed by atoms with Gasteiger partial charge >= 0.3 is 5.97 Å². The molecule has 1 N–H and O–H groups in total. The summed E-state index contributed by atoms with van der Waals surface area (Å²) in [4.78, 5) is 35.1. The first-order chi connectivity index (χ1) is 15.1. The molecule has 8 nitrogen and oxygen atoms in total. The molecule has 8 heteroatoms. The number of amides is 1. The van der Waals surface area contributed by atoms with Crippen molar-refractivity contribution >= 4 is 17.7 Å². The number of nitrogens with zero attached hydrogens (tertiary/aromatic N) is 4.